The van der Waals surface area contributed by atoms with Gasteiger partial charge in [-0.3, -0.25) is 9.59 Å². The maximum Gasteiger partial charge on any atom is 0.307 e. The summed E-state index contributed by atoms with van der Waals surface area (Å²) < 4.78 is 0. The number of carboxylic acids is 1. The molecule has 0 spiro atoms. The first kappa shape index (κ1) is 17.6. The lowest BCUT2D eigenvalue weighted by Gasteiger charge is -2.26. The average Bonchev–Trinajstić information content (AvgIpc) is 2.95. The number of aromatic nitrogens is 1. The van der Waals surface area contributed by atoms with Crippen LogP contribution in [0.25, 0.3) is 11.3 Å². The van der Waals surface area contributed by atoms with Gasteiger partial charge in [0.2, 0.25) is 5.91 Å². The molecular formula is C19H22N2O3S. The number of aliphatic carboxylic acids is 1. The van der Waals surface area contributed by atoms with Gasteiger partial charge in [-0.1, -0.05) is 42.7 Å². The van der Waals surface area contributed by atoms with Crippen LogP contribution >= 0.6 is 11.3 Å². The second-order valence-electron chi connectivity index (χ2n) is 6.61. The van der Waals surface area contributed by atoms with Crippen LogP contribution in [-0.4, -0.2) is 22.0 Å². The molecule has 2 aromatic rings. The van der Waals surface area contributed by atoms with Gasteiger partial charge in [-0.05, 0) is 26.7 Å². The molecule has 1 aliphatic rings. The Balaban J connectivity index is 1.77. The van der Waals surface area contributed by atoms with Crippen molar-refractivity contribution in [2.24, 2.45) is 11.8 Å². The van der Waals surface area contributed by atoms with E-state index in [1.54, 1.807) is 0 Å². The Bertz CT molecular complexity index is 782. The number of carbonyl (C=O) groups excluding carboxylic acids is 1. The molecule has 132 valence electrons. The number of carbonyl (C=O) groups is 2. The Morgan fingerprint density at radius 1 is 1.12 bits per heavy atom. The highest BCUT2D eigenvalue weighted by molar-refractivity contribution is 7.16. The first-order valence-corrected chi connectivity index (χ1v) is 9.35. The number of anilines is 1. The number of hydrogen-bond donors (Lipinski definition) is 2. The minimum absolute atomic E-state index is 0.226. The van der Waals surface area contributed by atoms with Crippen LogP contribution in [0, 0.1) is 25.7 Å². The minimum atomic E-state index is -0.879. The van der Waals surface area contributed by atoms with Gasteiger partial charge in [0.1, 0.15) is 0 Å². The average molecular weight is 358 g/mol. The lowest BCUT2D eigenvalue weighted by Crippen LogP contribution is -2.36. The third-order valence-electron chi connectivity index (χ3n) is 4.77. The van der Waals surface area contributed by atoms with Crippen LogP contribution in [0.4, 0.5) is 5.13 Å². The molecule has 0 saturated heterocycles. The van der Waals surface area contributed by atoms with E-state index in [2.05, 4.69) is 10.3 Å². The van der Waals surface area contributed by atoms with E-state index >= 15 is 0 Å². The van der Waals surface area contributed by atoms with Crippen LogP contribution in [0.2, 0.25) is 0 Å². The topological polar surface area (TPSA) is 79.3 Å². The van der Waals surface area contributed by atoms with Crippen molar-refractivity contribution in [3.8, 4) is 11.3 Å². The summed E-state index contributed by atoms with van der Waals surface area (Å²) in [4.78, 5) is 29.6. The molecule has 2 unspecified atom stereocenters. The normalized spacial score (nSPS) is 20.2. The fourth-order valence-electron chi connectivity index (χ4n) is 3.37. The molecule has 1 amide bonds. The minimum Gasteiger partial charge on any atom is -0.481 e. The molecule has 2 atom stereocenters. The lowest BCUT2D eigenvalue weighted by molar-refractivity contribution is -0.147. The van der Waals surface area contributed by atoms with Gasteiger partial charge in [-0.2, -0.15) is 0 Å². The number of carboxylic acid groups (broad SMARTS) is 1. The first-order valence-electron chi connectivity index (χ1n) is 8.54. The zero-order chi connectivity index (χ0) is 18.0. The summed E-state index contributed by atoms with van der Waals surface area (Å²) in [7, 11) is 0. The van der Waals surface area contributed by atoms with Gasteiger partial charge in [0.15, 0.2) is 5.13 Å². The molecule has 0 radical (unpaired) electrons. The number of benzene rings is 1. The van der Waals surface area contributed by atoms with Crippen LogP contribution in [-0.2, 0) is 9.59 Å². The van der Waals surface area contributed by atoms with Gasteiger partial charge in [0, 0.05) is 10.4 Å². The number of nitrogens with one attached hydrogen (secondary N) is 1. The van der Waals surface area contributed by atoms with Gasteiger partial charge in [-0.15, -0.1) is 11.3 Å². The third-order valence-corrected chi connectivity index (χ3v) is 5.66. The van der Waals surface area contributed by atoms with E-state index in [1.807, 2.05) is 38.1 Å². The summed E-state index contributed by atoms with van der Waals surface area (Å²) >= 11 is 1.42. The van der Waals surface area contributed by atoms with Crippen molar-refractivity contribution in [1.29, 1.82) is 0 Å². The fourth-order valence-corrected chi connectivity index (χ4v) is 4.21. The lowest BCUT2D eigenvalue weighted by atomic mass is 9.79. The van der Waals surface area contributed by atoms with Crippen LogP contribution in [0.5, 0.6) is 0 Å². The number of amides is 1. The smallest absolute Gasteiger partial charge is 0.307 e. The maximum atomic E-state index is 12.6. The van der Waals surface area contributed by atoms with Crippen molar-refractivity contribution in [2.45, 2.75) is 39.5 Å². The Hall–Kier alpha value is -2.21. The number of nitrogens with zero attached hydrogens (tertiary/aromatic N) is 1. The second-order valence-corrected chi connectivity index (χ2v) is 7.82. The van der Waals surface area contributed by atoms with Gasteiger partial charge in [0.25, 0.3) is 0 Å². The summed E-state index contributed by atoms with van der Waals surface area (Å²) in [6.07, 6.45) is 2.96. The largest absolute Gasteiger partial charge is 0.481 e. The summed E-state index contributed by atoms with van der Waals surface area (Å²) in [5.41, 5.74) is 3.06. The molecule has 1 saturated carbocycles. The van der Waals surface area contributed by atoms with Gasteiger partial charge in [0.05, 0.1) is 17.5 Å². The van der Waals surface area contributed by atoms with Gasteiger partial charge >= 0.3 is 5.97 Å². The molecule has 25 heavy (non-hydrogen) atoms. The predicted octanol–water partition coefficient (Wildman–Crippen LogP) is 4.26. The Kier molecular flexibility index (Phi) is 5.18. The van der Waals surface area contributed by atoms with Crippen LogP contribution in [0.3, 0.4) is 0 Å². The number of rotatable bonds is 4. The highest BCUT2D eigenvalue weighted by Crippen LogP contribution is 2.34. The number of thiazole rings is 1. The number of hydrogen-bond acceptors (Lipinski definition) is 4. The summed E-state index contributed by atoms with van der Waals surface area (Å²) in [5.74, 6) is -2.17. The van der Waals surface area contributed by atoms with E-state index in [0.717, 1.165) is 29.0 Å². The van der Waals surface area contributed by atoms with Crippen LogP contribution in [0.15, 0.2) is 24.3 Å². The Morgan fingerprint density at radius 3 is 2.40 bits per heavy atom. The van der Waals surface area contributed by atoms with E-state index in [4.69, 9.17) is 0 Å². The van der Waals surface area contributed by atoms with E-state index in [1.165, 1.54) is 16.9 Å². The van der Waals surface area contributed by atoms with Gasteiger partial charge in [-0.25, -0.2) is 4.98 Å². The standard InChI is InChI=1S/C19H22N2O3S/c1-11-7-9-13(10-8-11)16-12(2)25-19(20-16)21-17(22)14-5-3-4-6-15(14)18(23)24/h7-10,14-15H,3-6H2,1-2H3,(H,23,24)(H,20,21,22). The zero-order valence-corrected chi connectivity index (χ0v) is 15.2. The first-order chi connectivity index (χ1) is 12.0. The zero-order valence-electron chi connectivity index (χ0n) is 14.4. The van der Waals surface area contributed by atoms with Gasteiger partial charge < -0.3 is 10.4 Å². The van der Waals surface area contributed by atoms with Crippen LogP contribution in [0.1, 0.15) is 36.1 Å². The van der Waals surface area contributed by atoms with Crippen molar-refractivity contribution in [2.75, 3.05) is 5.32 Å². The Labute approximate surface area is 151 Å². The molecule has 1 fully saturated rings. The molecule has 6 heteroatoms. The molecule has 0 bridgehead atoms. The number of aryl methyl sites for hydroxylation is 2. The fraction of sp³-hybridized carbons (Fsp3) is 0.421. The monoisotopic (exact) mass is 358 g/mol. The molecule has 2 N–H and O–H groups in total. The van der Waals surface area contributed by atoms with Crippen molar-refractivity contribution in [1.82, 2.24) is 4.98 Å². The van der Waals surface area contributed by atoms with E-state index in [9.17, 15) is 14.7 Å². The molecule has 1 heterocycles. The van der Waals surface area contributed by atoms with E-state index in [-0.39, 0.29) is 5.91 Å². The molecule has 1 aliphatic carbocycles. The van der Waals surface area contributed by atoms with E-state index in [0.29, 0.717) is 18.0 Å². The van der Waals surface area contributed by atoms with E-state index < -0.39 is 17.8 Å². The molecule has 1 aromatic carbocycles. The van der Waals surface area contributed by atoms with Crippen molar-refractivity contribution in [3.05, 3.63) is 34.7 Å². The summed E-state index contributed by atoms with van der Waals surface area (Å²) in [6, 6.07) is 8.10. The molecule has 3 rings (SSSR count). The molecule has 1 aromatic heterocycles. The van der Waals surface area contributed by atoms with Crippen molar-refractivity contribution < 1.29 is 14.7 Å². The maximum absolute atomic E-state index is 12.6. The molecule has 0 aliphatic heterocycles. The molecule has 5 nitrogen and oxygen atoms in total. The van der Waals surface area contributed by atoms with Crippen molar-refractivity contribution >= 4 is 28.3 Å². The summed E-state index contributed by atoms with van der Waals surface area (Å²) in [5, 5.41) is 12.7. The SMILES string of the molecule is Cc1ccc(-c2nc(NC(=O)C3CCCCC3C(=O)O)sc2C)cc1. The highest BCUT2D eigenvalue weighted by atomic mass is 32.1. The highest BCUT2D eigenvalue weighted by Gasteiger charge is 2.36. The quantitative estimate of drug-likeness (QED) is 0.856. The third kappa shape index (κ3) is 3.90. The van der Waals surface area contributed by atoms with Crippen LogP contribution < -0.4 is 5.32 Å². The second kappa shape index (κ2) is 7.35. The predicted molar refractivity (Wildman–Crippen MR) is 98.7 cm³/mol. The molecular weight excluding hydrogens is 336 g/mol. The summed E-state index contributed by atoms with van der Waals surface area (Å²) in [6.45, 7) is 4.01. The van der Waals surface area contributed by atoms with Crippen molar-refractivity contribution in [3.63, 3.8) is 0 Å². The Morgan fingerprint density at radius 2 is 1.76 bits per heavy atom.